The van der Waals surface area contributed by atoms with Gasteiger partial charge in [-0.05, 0) is 25.1 Å². The molecule has 4 heteroatoms. The first-order valence-corrected chi connectivity index (χ1v) is 5.18. The third-order valence-electron chi connectivity index (χ3n) is 1.56. The van der Waals surface area contributed by atoms with E-state index in [0.29, 0.717) is 5.75 Å². The lowest BCUT2D eigenvalue weighted by Gasteiger charge is -2.02. The summed E-state index contributed by atoms with van der Waals surface area (Å²) in [6.07, 6.45) is -0.881. The Morgan fingerprint density at radius 3 is 2.93 bits per heavy atom. The summed E-state index contributed by atoms with van der Waals surface area (Å²) in [7, 11) is 0. The lowest BCUT2D eigenvalue weighted by Crippen LogP contribution is -1.97. The third kappa shape index (κ3) is 3.38. The number of carboxylic acids is 1. The summed E-state index contributed by atoms with van der Waals surface area (Å²) in [5.41, 5.74) is 0.238. The highest BCUT2D eigenvalue weighted by molar-refractivity contribution is 7.99. The van der Waals surface area contributed by atoms with Crippen molar-refractivity contribution >= 4 is 17.7 Å². The van der Waals surface area contributed by atoms with Gasteiger partial charge in [-0.1, -0.05) is 6.07 Å². The van der Waals surface area contributed by atoms with E-state index >= 15 is 0 Å². The largest absolute Gasteiger partial charge is 0.478 e. The fraction of sp³-hybridized carbons (Fsp3) is 0.300. The minimum absolute atomic E-state index is 0.238. The highest BCUT2D eigenvalue weighted by atomic mass is 32.2. The fourth-order valence-corrected chi connectivity index (χ4v) is 1.74. The van der Waals surface area contributed by atoms with Crippen LogP contribution in [0.3, 0.4) is 0 Å². The second-order valence-corrected chi connectivity index (χ2v) is 4.02. The molecule has 0 amide bonds. The molecular formula is C10H11FO2S. The van der Waals surface area contributed by atoms with E-state index in [1.54, 1.807) is 18.2 Å². The first-order chi connectivity index (χ1) is 6.59. The molecule has 2 nitrogen and oxygen atoms in total. The van der Waals surface area contributed by atoms with Gasteiger partial charge in [-0.15, -0.1) is 11.8 Å². The van der Waals surface area contributed by atoms with Gasteiger partial charge in [-0.25, -0.2) is 9.18 Å². The van der Waals surface area contributed by atoms with Gasteiger partial charge in [0.25, 0.3) is 0 Å². The van der Waals surface area contributed by atoms with Crippen LogP contribution >= 0.6 is 11.8 Å². The van der Waals surface area contributed by atoms with Gasteiger partial charge in [0, 0.05) is 10.6 Å². The smallest absolute Gasteiger partial charge is 0.335 e. The van der Waals surface area contributed by atoms with Crippen molar-refractivity contribution in [2.75, 3.05) is 5.75 Å². The molecule has 0 spiro atoms. The topological polar surface area (TPSA) is 37.3 Å². The standard InChI is InChI=1S/C10H11FO2S/c1-7(11)6-14-9-4-2-3-8(5-9)10(12)13/h2-5,7H,6H2,1H3,(H,12,13). The quantitative estimate of drug-likeness (QED) is 0.783. The van der Waals surface area contributed by atoms with Gasteiger partial charge < -0.3 is 5.11 Å². The summed E-state index contributed by atoms with van der Waals surface area (Å²) in [5.74, 6) is -0.607. The van der Waals surface area contributed by atoms with E-state index in [0.717, 1.165) is 4.90 Å². The van der Waals surface area contributed by atoms with Gasteiger partial charge in [-0.2, -0.15) is 0 Å². The third-order valence-corrected chi connectivity index (χ3v) is 2.77. The predicted octanol–water partition coefficient (Wildman–Crippen LogP) is 2.83. The summed E-state index contributed by atoms with van der Waals surface area (Å²) < 4.78 is 12.5. The Hall–Kier alpha value is -1.03. The van der Waals surface area contributed by atoms with Crippen molar-refractivity contribution in [3.05, 3.63) is 29.8 Å². The van der Waals surface area contributed by atoms with Crippen LogP contribution in [0.1, 0.15) is 17.3 Å². The molecule has 1 N–H and O–H groups in total. The summed E-state index contributed by atoms with van der Waals surface area (Å²) in [5, 5.41) is 8.70. The van der Waals surface area contributed by atoms with Crippen molar-refractivity contribution in [3.63, 3.8) is 0 Å². The second kappa shape index (κ2) is 5.00. The van der Waals surface area contributed by atoms with Crippen molar-refractivity contribution in [1.29, 1.82) is 0 Å². The van der Waals surface area contributed by atoms with Gasteiger partial charge in [-0.3, -0.25) is 0 Å². The summed E-state index contributed by atoms with van der Waals surface area (Å²) in [6.45, 7) is 1.48. The zero-order valence-electron chi connectivity index (χ0n) is 7.74. The highest BCUT2D eigenvalue weighted by Gasteiger charge is 2.04. The van der Waals surface area contributed by atoms with Crippen molar-refractivity contribution in [2.45, 2.75) is 18.0 Å². The lowest BCUT2D eigenvalue weighted by molar-refractivity contribution is 0.0696. The first kappa shape index (κ1) is 11.0. The summed E-state index contributed by atoms with van der Waals surface area (Å²) >= 11 is 1.32. The number of carbonyl (C=O) groups is 1. The minimum Gasteiger partial charge on any atom is -0.478 e. The maximum Gasteiger partial charge on any atom is 0.335 e. The van der Waals surface area contributed by atoms with Crippen LogP contribution in [0.25, 0.3) is 0 Å². The molecule has 0 heterocycles. The number of benzene rings is 1. The lowest BCUT2D eigenvalue weighted by atomic mass is 10.2. The molecule has 14 heavy (non-hydrogen) atoms. The van der Waals surface area contributed by atoms with Crippen LogP contribution in [0.15, 0.2) is 29.2 Å². The number of halogens is 1. The van der Waals surface area contributed by atoms with Gasteiger partial charge in [0.2, 0.25) is 0 Å². The average molecular weight is 214 g/mol. The molecule has 0 bridgehead atoms. The molecular weight excluding hydrogens is 203 g/mol. The molecule has 1 aromatic rings. The Kier molecular flexibility index (Phi) is 3.95. The number of rotatable bonds is 4. The molecule has 0 radical (unpaired) electrons. The van der Waals surface area contributed by atoms with Crippen LogP contribution in [0.2, 0.25) is 0 Å². The Morgan fingerprint density at radius 2 is 2.36 bits per heavy atom. The molecule has 1 atom stereocenters. The SMILES string of the molecule is CC(F)CSc1cccc(C(=O)O)c1. The van der Waals surface area contributed by atoms with Crippen molar-refractivity contribution < 1.29 is 14.3 Å². The molecule has 1 rings (SSSR count). The number of alkyl halides is 1. The minimum atomic E-state index is -0.958. The van der Waals surface area contributed by atoms with Gasteiger partial charge >= 0.3 is 5.97 Å². The second-order valence-electron chi connectivity index (χ2n) is 2.92. The Labute approximate surface area is 86.1 Å². The van der Waals surface area contributed by atoms with E-state index in [1.807, 2.05) is 0 Å². The number of hydrogen-bond donors (Lipinski definition) is 1. The maximum absolute atomic E-state index is 12.5. The molecule has 0 saturated heterocycles. The van der Waals surface area contributed by atoms with E-state index in [9.17, 15) is 9.18 Å². The molecule has 1 unspecified atom stereocenters. The van der Waals surface area contributed by atoms with Crippen LogP contribution in [0.5, 0.6) is 0 Å². The van der Waals surface area contributed by atoms with Crippen LogP contribution in [-0.2, 0) is 0 Å². The summed E-state index contributed by atoms with van der Waals surface area (Å²) in [4.78, 5) is 11.4. The molecule has 0 saturated carbocycles. The number of thioether (sulfide) groups is 1. The van der Waals surface area contributed by atoms with E-state index in [2.05, 4.69) is 0 Å². The van der Waals surface area contributed by atoms with Crippen LogP contribution in [-0.4, -0.2) is 23.0 Å². The summed E-state index contributed by atoms with van der Waals surface area (Å²) in [6, 6.07) is 6.51. The van der Waals surface area contributed by atoms with E-state index in [1.165, 1.54) is 24.8 Å². The van der Waals surface area contributed by atoms with Crippen LogP contribution in [0, 0.1) is 0 Å². The Balaban J connectivity index is 2.69. The van der Waals surface area contributed by atoms with Crippen molar-refractivity contribution in [1.82, 2.24) is 0 Å². The van der Waals surface area contributed by atoms with Crippen molar-refractivity contribution in [3.8, 4) is 0 Å². The van der Waals surface area contributed by atoms with E-state index in [-0.39, 0.29) is 5.56 Å². The normalized spacial score (nSPS) is 12.4. The molecule has 76 valence electrons. The number of aromatic carboxylic acids is 1. The molecule has 0 aliphatic carbocycles. The Morgan fingerprint density at radius 1 is 1.64 bits per heavy atom. The molecule has 0 fully saturated rings. The predicted molar refractivity (Wildman–Crippen MR) is 54.7 cm³/mol. The number of carboxylic acid groups (broad SMARTS) is 1. The molecule has 0 aliphatic rings. The van der Waals surface area contributed by atoms with E-state index < -0.39 is 12.1 Å². The molecule has 1 aromatic carbocycles. The monoisotopic (exact) mass is 214 g/mol. The van der Waals surface area contributed by atoms with Crippen molar-refractivity contribution in [2.24, 2.45) is 0 Å². The van der Waals surface area contributed by atoms with Crippen LogP contribution < -0.4 is 0 Å². The van der Waals surface area contributed by atoms with Gasteiger partial charge in [0.05, 0.1) is 5.56 Å². The fourth-order valence-electron chi connectivity index (χ4n) is 0.930. The first-order valence-electron chi connectivity index (χ1n) is 4.20. The Bertz CT molecular complexity index is 326. The maximum atomic E-state index is 12.5. The molecule has 0 aromatic heterocycles. The van der Waals surface area contributed by atoms with Gasteiger partial charge in [0.15, 0.2) is 0 Å². The average Bonchev–Trinajstić information content (AvgIpc) is 2.15. The zero-order valence-corrected chi connectivity index (χ0v) is 8.55. The number of hydrogen-bond acceptors (Lipinski definition) is 2. The zero-order chi connectivity index (χ0) is 10.6. The van der Waals surface area contributed by atoms with Crippen LogP contribution in [0.4, 0.5) is 4.39 Å². The van der Waals surface area contributed by atoms with Gasteiger partial charge in [0.1, 0.15) is 6.17 Å². The van der Waals surface area contributed by atoms with E-state index in [4.69, 9.17) is 5.11 Å². The highest BCUT2D eigenvalue weighted by Crippen LogP contribution is 2.20. The molecule has 0 aliphatic heterocycles.